The number of carbonyl (C=O) groups is 1. The number of hydrogen-bond acceptors (Lipinski definition) is 2. The zero-order valence-corrected chi connectivity index (χ0v) is 13.7. The van der Waals surface area contributed by atoms with Crippen LogP contribution in [0.4, 0.5) is 4.39 Å². The van der Waals surface area contributed by atoms with Crippen LogP contribution in [0.5, 0.6) is 0 Å². The summed E-state index contributed by atoms with van der Waals surface area (Å²) in [7, 11) is 1.56. The molecule has 1 heterocycles. The molecule has 23 heavy (non-hydrogen) atoms. The van der Waals surface area contributed by atoms with Crippen molar-refractivity contribution < 1.29 is 13.6 Å². The minimum Gasteiger partial charge on any atom is -0.451 e. The molecule has 0 N–H and O–H groups in total. The van der Waals surface area contributed by atoms with E-state index >= 15 is 0 Å². The number of halogens is 3. The summed E-state index contributed by atoms with van der Waals surface area (Å²) < 4.78 is 19.4. The van der Waals surface area contributed by atoms with Gasteiger partial charge in [-0.15, -0.1) is 0 Å². The van der Waals surface area contributed by atoms with Gasteiger partial charge in [-0.1, -0.05) is 29.3 Å². The van der Waals surface area contributed by atoms with E-state index in [2.05, 4.69) is 0 Å². The highest BCUT2D eigenvalue weighted by Crippen LogP contribution is 2.25. The Bertz CT molecular complexity index is 871. The molecule has 0 saturated carbocycles. The highest BCUT2D eigenvalue weighted by atomic mass is 35.5. The molecule has 3 rings (SSSR count). The van der Waals surface area contributed by atoms with Crippen LogP contribution in [0.25, 0.3) is 11.0 Å². The van der Waals surface area contributed by atoms with Gasteiger partial charge in [0.1, 0.15) is 11.4 Å². The number of nitrogens with zero attached hydrogens (tertiary/aromatic N) is 1. The van der Waals surface area contributed by atoms with Gasteiger partial charge in [0.15, 0.2) is 5.76 Å². The van der Waals surface area contributed by atoms with Gasteiger partial charge in [0.25, 0.3) is 5.91 Å². The second kappa shape index (κ2) is 6.22. The normalized spacial score (nSPS) is 11.0. The fourth-order valence-electron chi connectivity index (χ4n) is 2.30. The van der Waals surface area contributed by atoms with Crippen LogP contribution in [0.1, 0.15) is 16.1 Å². The maximum atomic E-state index is 13.8. The average molecular weight is 352 g/mol. The Morgan fingerprint density at radius 1 is 1.22 bits per heavy atom. The number of amides is 1. The van der Waals surface area contributed by atoms with E-state index < -0.39 is 5.82 Å². The van der Waals surface area contributed by atoms with Gasteiger partial charge in [-0.2, -0.15) is 0 Å². The molecule has 0 saturated heterocycles. The van der Waals surface area contributed by atoms with Crippen LogP contribution in [-0.4, -0.2) is 17.9 Å². The molecule has 1 aromatic heterocycles. The number of benzene rings is 2. The van der Waals surface area contributed by atoms with E-state index in [9.17, 15) is 9.18 Å². The molecule has 0 spiro atoms. The molecule has 0 fully saturated rings. The van der Waals surface area contributed by atoms with Crippen LogP contribution in [0, 0.1) is 5.82 Å². The first-order chi connectivity index (χ1) is 11.0. The number of hydrogen-bond donors (Lipinski definition) is 0. The first kappa shape index (κ1) is 15.8. The lowest BCUT2D eigenvalue weighted by Gasteiger charge is -2.17. The predicted molar refractivity (Wildman–Crippen MR) is 88.4 cm³/mol. The van der Waals surface area contributed by atoms with Gasteiger partial charge in [0, 0.05) is 28.0 Å². The fourth-order valence-corrected chi connectivity index (χ4v) is 2.70. The molecule has 0 unspecified atom stereocenters. The van der Waals surface area contributed by atoms with E-state index in [0.29, 0.717) is 10.6 Å². The van der Waals surface area contributed by atoms with Gasteiger partial charge >= 0.3 is 0 Å². The van der Waals surface area contributed by atoms with Crippen LogP contribution in [-0.2, 0) is 6.54 Å². The summed E-state index contributed by atoms with van der Waals surface area (Å²) in [6, 6.07) is 11.1. The molecular weight excluding hydrogens is 340 g/mol. The van der Waals surface area contributed by atoms with Gasteiger partial charge in [0.2, 0.25) is 0 Å². The average Bonchev–Trinajstić information content (AvgIpc) is 2.93. The monoisotopic (exact) mass is 351 g/mol. The minimum absolute atomic E-state index is 0.0438. The van der Waals surface area contributed by atoms with E-state index in [0.717, 1.165) is 5.39 Å². The second-order valence-corrected chi connectivity index (χ2v) is 6.00. The third-order valence-electron chi connectivity index (χ3n) is 3.49. The summed E-state index contributed by atoms with van der Waals surface area (Å²) in [5.74, 6) is -0.651. The molecule has 1 amide bonds. The Kier molecular flexibility index (Phi) is 4.28. The Morgan fingerprint density at radius 2 is 2.00 bits per heavy atom. The van der Waals surface area contributed by atoms with E-state index in [1.807, 2.05) is 0 Å². The summed E-state index contributed by atoms with van der Waals surface area (Å²) in [5, 5.41) is 1.57. The molecule has 3 aromatic rings. The van der Waals surface area contributed by atoms with E-state index in [4.69, 9.17) is 27.6 Å². The first-order valence-electron chi connectivity index (χ1n) is 6.83. The Balaban J connectivity index is 1.86. The standard InChI is InChI=1S/C17H12Cl2FNO2/c1-21(9-12-13(19)3-2-4-14(12)20)17(22)16-8-10-7-11(18)5-6-15(10)23-16/h2-8H,9H2,1H3. The smallest absolute Gasteiger partial charge is 0.289 e. The van der Waals surface area contributed by atoms with Gasteiger partial charge < -0.3 is 9.32 Å². The molecule has 0 atom stereocenters. The number of furan rings is 1. The number of carbonyl (C=O) groups excluding carboxylic acids is 1. The van der Waals surface area contributed by atoms with Gasteiger partial charge in [-0.05, 0) is 36.4 Å². The van der Waals surface area contributed by atoms with Crippen LogP contribution in [0.2, 0.25) is 10.0 Å². The van der Waals surface area contributed by atoms with Crippen molar-refractivity contribution in [2.75, 3.05) is 7.05 Å². The number of fused-ring (bicyclic) bond motifs is 1. The van der Waals surface area contributed by atoms with Gasteiger partial charge in [0.05, 0.1) is 6.54 Å². The number of rotatable bonds is 3. The maximum absolute atomic E-state index is 13.8. The molecule has 118 valence electrons. The van der Waals surface area contributed by atoms with Gasteiger partial charge in [-0.3, -0.25) is 4.79 Å². The van der Waals surface area contributed by atoms with Crippen molar-refractivity contribution >= 4 is 40.1 Å². The highest BCUT2D eigenvalue weighted by molar-refractivity contribution is 6.31. The van der Waals surface area contributed by atoms with Crippen molar-refractivity contribution in [1.29, 1.82) is 0 Å². The molecule has 0 radical (unpaired) electrons. The Labute approximate surface area is 142 Å². The third-order valence-corrected chi connectivity index (χ3v) is 4.08. The van der Waals surface area contributed by atoms with Crippen molar-refractivity contribution in [3.05, 3.63) is 69.7 Å². The summed E-state index contributed by atoms with van der Waals surface area (Å²) in [6.45, 7) is 0.0438. The van der Waals surface area contributed by atoms with Crippen LogP contribution < -0.4 is 0 Å². The molecular formula is C17H12Cl2FNO2. The molecule has 0 aliphatic carbocycles. The minimum atomic E-state index is -0.450. The lowest BCUT2D eigenvalue weighted by Crippen LogP contribution is -2.26. The van der Waals surface area contributed by atoms with Crippen molar-refractivity contribution in [3.63, 3.8) is 0 Å². The van der Waals surface area contributed by atoms with Crippen molar-refractivity contribution in [1.82, 2.24) is 4.90 Å². The van der Waals surface area contributed by atoms with Crippen molar-refractivity contribution in [2.24, 2.45) is 0 Å². The summed E-state index contributed by atoms with van der Waals surface area (Å²) in [4.78, 5) is 13.8. The molecule has 2 aromatic carbocycles. The fraction of sp³-hybridized carbons (Fsp3) is 0.118. The summed E-state index contributed by atoms with van der Waals surface area (Å²) >= 11 is 11.9. The lowest BCUT2D eigenvalue weighted by molar-refractivity contribution is 0.0754. The van der Waals surface area contributed by atoms with Gasteiger partial charge in [-0.25, -0.2) is 4.39 Å². The predicted octanol–water partition coefficient (Wildman–Crippen LogP) is 5.15. The summed E-state index contributed by atoms with van der Waals surface area (Å²) in [5.41, 5.74) is 0.833. The zero-order valence-electron chi connectivity index (χ0n) is 12.1. The first-order valence-corrected chi connectivity index (χ1v) is 7.59. The maximum Gasteiger partial charge on any atom is 0.289 e. The topological polar surface area (TPSA) is 33.5 Å². The third kappa shape index (κ3) is 3.19. The van der Waals surface area contributed by atoms with E-state index in [-0.39, 0.29) is 28.8 Å². The van der Waals surface area contributed by atoms with Crippen molar-refractivity contribution in [3.8, 4) is 0 Å². The van der Waals surface area contributed by atoms with Crippen LogP contribution in [0.15, 0.2) is 46.9 Å². The SMILES string of the molecule is CN(Cc1c(F)cccc1Cl)C(=O)c1cc2cc(Cl)ccc2o1. The van der Waals surface area contributed by atoms with E-state index in [1.54, 1.807) is 37.4 Å². The summed E-state index contributed by atoms with van der Waals surface area (Å²) in [6.07, 6.45) is 0. The van der Waals surface area contributed by atoms with Crippen molar-refractivity contribution in [2.45, 2.75) is 6.54 Å². The van der Waals surface area contributed by atoms with Crippen LogP contribution in [0.3, 0.4) is 0 Å². The van der Waals surface area contributed by atoms with E-state index in [1.165, 1.54) is 17.0 Å². The Morgan fingerprint density at radius 3 is 2.74 bits per heavy atom. The Hall–Kier alpha value is -2.04. The molecule has 6 heteroatoms. The zero-order chi connectivity index (χ0) is 16.6. The van der Waals surface area contributed by atoms with Crippen LogP contribution >= 0.6 is 23.2 Å². The lowest BCUT2D eigenvalue weighted by atomic mass is 10.2. The quantitative estimate of drug-likeness (QED) is 0.653. The highest BCUT2D eigenvalue weighted by Gasteiger charge is 2.19. The second-order valence-electron chi connectivity index (χ2n) is 5.15. The largest absolute Gasteiger partial charge is 0.451 e. The molecule has 0 aliphatic heterocycles. The molecule has 0 bridgehead atoms. The molecule has 0 aliphatic rings. The molecule has 3 nitrogen and oxygen atoms in total.